The largest absolute Gasteiger partial charge is 0.497 e. The van der Waals surface area contributed by atoms with Crippen molar-refractivity contribution in [2.45, 2.75) is 32.9 Å². The summed E-state index contributed by atoms with van der Waals surface area (Å²) >= 11 is 0. The fourth-order valence-electron chi connectivity index (χ4n) is 1.61. The number of methoxy groups -OCH3 is 1. The molecule has 21 heavy (non-hydrogen) atoms. The number of nitrogens with one attached hydrogen (secondary N) is 2. The summed E-state index contributed by atoms with van der Waals surface area (Å²) in [6.45, 7) is 4.39. The standard InChI is InChI=1S/C16H21N3O2/c1-4-12(2)19-16(20)14(9-17)11-18-10-13-6-5-7-15(8-13)21-3/h5-8,11-12,18H,4,10H2,1-3H3,(H,19,20)/b14-11-. The third kappa shape index (κ3) is 5.57. The van der Waals surface area contributed by atoms with Gasteiger partial charge in [0.25, 0.3) is 5.91 Å². The minimum atomic E-state index is -0.356. The Balaban J connectivity index is 2.60. The molecule has 0 aliphatic carbocycles. The molecule has 0 radical (unpaired) electrons. The predicted molar refractivity (Wildman–Crippen MR) is 81.4 cm³/mol. The van der Waals surface area contributed by atoms with E-state index in [1.807, 2.05) is 44.2 Å². The molecule has 0 saturated carbocycles. The lowest BCUT2D eigenvalue weighted by Crippen LogP contribution is -2.33. The van der Waals surface area contributed by atoms with E-state index in [4.69, 9.17) is 10.00 Å². The van der Waals surface area contributed by atoms with Gasteiger partial charge in [-0.3, -0.25) is 4.79 Å². The molecule has 0 aromatic heterocycles. The molecule has 1 unspecified atom stereocenters. The van der Waals surface area contributed by atoms with Gasteiger partial charge in [-0.15, -0.1) is 0 Å². The Morgan fingerprint density at radius 2 is 2.29 bits per heavy atom. The number of nitriles is 1. The minimum absolute atomic E-state index is 0.0487. The fraction of sp³-hybridized carbons (Fsp3) is 0.375. The van der Waals surface area contributed by atoms with Gasteiger partial charge in [0, 0.05) is 18.8 Å². The number of ether oxygens (including phenoxy) is 1. The minimum Gasteiger partial charge on any atom is -0.497 e. The van der Waals surface area contributed by atoms with E-state index in [1.165, 1.54) is 6.20 Å². The number of carbonyl (C=O) groups excluding carboxylic acids is 1. The molecule has 1 amide bonds. The highest BCUT2D eigenvalue weighted by Crippen LogP contribution is 2.12. The predicted octanol–water partition coefficient (Wildman–Crippen LogP) is 2.11. The quantitative estimate of drug-likeness (QED) is 0.595. The van der Waals surface area contributed by atoms with Gasteiger partial charge < -0.3 is 15.4 Å². The molecule has 112 valence electrons. The molecular weight excluding hydrogens is 266 g/mol. The highest BCUT2D eigenvalue weighted by atomic mass is 16.5. The van der Waals surface area contributed by atoms with Crippen LogP contribution in [0.3, 0.4) is 0 Å². The molecule has 0 aliphatic heterocycles. The zero-order valence-corrected chi connectivity index (χ0v) is 12.6. The first-order chi connectivity index (χ1) is 10.1. The Bertz CT molecular complexity index is 547. The monoisotopic (exact) mass is 287 g/mol. The summed E-state index contributed by atoms with van der Waals surface area (Å²) in [6, 6.07) is 9.53. The SMILES string of the molecule is CCC(C)NC(=O)/C(C#N)=C\NCc1cccc(OC)c1. The van der Waals surface area contributed by atoms with Crippen molar-refractivity contribution >= 4 is 5.91 Å². The second-order valence-electron chi connectivity index (χ2n) is 4.69. The van der Waals surface area contributed by atoms with Crippen LogP contribution in [0.1, 0.15) is 25.8 Å². The number of amides is 1. The molecule has 0 fully saturated rings. The molecule has 1 aromatic carbocycles. The van der Waals surface area contributed by atoms with Crippen LogP contribution >= 0.6 is 0 Å². The summed E-state index contributed by atoms with van der Waals surface area (Å²) in [7, 11) is 1.61. The highest BCUT2D eigenvalue weighted by molar-refractivity contribution is 5.97. The van der Waals surface area contributed by atoms with Crippen molar-refractivity contribution in [1.82, 2.24) is 10.6 Å². The van der Waals surface area contributed by atoms with Crippen LogP contribution in [-0.4, -0.2) is 19.1 Å². The van der Waals surface area contributed by atoms with Crippen molar-refractivity contribution in [3.8, 4) is 11.8 Å². The van der Waals surface area contributed by atoms with Gasteiger partial charge in [0.1, 0.15) is 17.4 Å². The van der Waals surface area contributed by atoms with E-state index in [-0.39, 0.29) is 17.5 Å². The zero-order chi connectivity index (χ0) is 15.7. The van der Waals surface area contributed by atoms with Crippen LogP contribution in [0.5, 0.6) is 5.75 Å². The van der Waals surface area contributed by atoms with Crippen LogP contribution in [0.2, 0.25) is 0 Å². The van der Waals surface area contributed by atoms with Gasteiger partial charge in [-0.25, -0.2) is 0 Å². The number of nitrogens with zero attached hydrogens (tertiary/aromatic N) is 1. The maximum Gasteiger partial charge on any atom is 0.263 e. The van der Waals surface area contributed by atoms with Crippen LogP contribution < -0.4 is 15.4 Å². The van der Waals surface area contributed by atoms with Gasteiger partial charge in [-0.05, 0) is 31.0 Å². The molecule has 5 nitrogen and oxygen atoms in total. The molecule has 5 heteroatoms. The Labute approximate surface area is 125 Å². The van der Waals surface area contributed by atoms with Crippen molar-refractivity contribution in [3.05, 3.63) is 41.6 Å². The van der Waals surface area contributed by atoms with Crippen molar-refractivity contribution in [3.63, 3.8) is 0 Å². The molecule has 1 atom stereocenters. The van der Waals surface area contributed by atoms with E-state index in [0.717, 1.165) is 17.7 Å². The highest BCUT2D eigenvalue weighted by Gasteiger charge is 2.10. The lowest BCUT2D eigenvalue weighted by molar-refractivity contribution is -0.117. The Kier molecular flexibility index (Phi) is 6.82. The summed E-state index contributed by atoms with van der Waals surface area (Å²) in [6.07, 6.45) is 2.26. The Morgan fingerprint density at radius 3 is 2.90 bits per heavy atom. The Hall–Kier alpha value is -2.48. The molecule has 0 spiro atoms. The van der Waals surface area contributed by atoms with Crippen LogP contribution in [0.4, 0.5) is 0 Å². The summed E-state index contributed by atoms with van der Waals surface area (Å²) in [5, 5.41) is 14.8. The fourth-order valence-corrected chi connectivity index (χ4v) is 1.61. The average molecular weight is 287 g/mol. The van der Waals surface area contributed by atoms with E-state index in [0.29, 0.717) is 6.54 Å². The number of benzene rings is 1. The second-order valence-corrected chi connectivity index (χ2v) is 4.69. The summed E-state index contributed by atoms with van der Waals surface area (Å²) in [5.74, 6) is 0.415. The first kappa shape index (κ1) is 16.6. The van der Waals surface area contributed by atoms with Gasteiger partial charge >= 0.3 is 0 Å². The van der Waals surface area contributed by atoms with Crippen LogP contribution in [0.15, 0.2) is 36.0 Å². The zero-order valence-electron chi connectivity index (χ0n) is 12.6. The third-order valence-corrected chi connectivity index (χ3v) is 3.04. The first-order valence-electron chi connectivity index (χ1n) is 6.88. The number of carbonyl (C=O) groups is 1. The van der Waals surface area contributed by atoms with Gasteiger partial charge in [0.15, 0.2) is 0 Å². The van der Waals surface area contributed by atoms with E-state index in [2.05, 4.69) is 10.6 Å². The van der Waals surface area contributed by atoms with Gasteiger partial charge in [0.05, 0.1) is 7.11 Å². The van der Waals surface area contributed by atoms with Crippen LogP contribution in [0, 0.1) is 11.3 Å². The van der Waals surface area contributed by atoms with Crippen molar-refractivity contribution < 1.29 is 9.53 Å². The summed E-state index contributed by atoms with van der Waals surface area (Å²) in [4.78, 5) is 11.8. The smallest absolute Gasteiger partial charge is 0.263 e. The van der Waals surface area contributed by atoms with Crippen molar-refractivity contribution in [2.24, 2.45) is 0 Å². The molecule has 0 aliphatic rings. The number of hydrogen-bond donors (Lipinski definition) is 2. The van der Waals surface area contributed by atoms with Gasteiger partial charge in [-0.1, -0.05) is 19.1 Å². The van der Waals surface area contributed by atoms with E-state index < -0.39 is 0 Å². The van der Waals surface area contributed by atoms with Crippen LogP contribution in [-0.2, 0) is 11.3 Å². The summed E-state index contributed by atoms with van der Waals surface area (Å²) in [5.41, 5.74) is 1.07. The van der Waals surface area contributed by atoms with E-state index >= 15 is 0 Å². The molecule has 0 bridgehead atoms. The van der Waals surface area contributed by atoms with Crippen molar-refractivity contribution in [1.29, 1.82) is 5.26 Å². The molecular formula is C16H21N3O2. The topological polar surface area (TPSA) is 74.2 Å². The number of hydrogen-bond acceptors (Lipinski definition) is 4. The molecule has 0 saturated heterocycles. The molecule has 2 N–H and O–H groups in total. The third-order valence-electron chi connectivity index (χ3n) is 3.04. The maximum atomic E-state index is 11.8. The second kappa shape index (κ2) is 8.64. The molecule has 0 heterocycles. The lowest BCUT2D eigenvalue weighted by atomic mass is 10.2. The Morgan fingerprint density at radius 1 is 1.52 bits per heavy atom. The average Bonchev–Trinajstić information content (AvgIpc) is 2.51. The lowest BCUT2D eigenvalue weighted by Gasteiger charge is -2.10. The van der Waals surface area contributed by atoms with Crippen LogP contribution in [0.25, 0.3) is 0 Å². The molecule has 1 rings (SSSR count). The summed E-state index contributed by atoms with van der Waals surface area (Å²) < 4.78 is 5.14. The first-order valence-corrected chi connectivity index (χ1v) is 6.88. The number of rotatable bonds is 7. The van der Waals surface area contributed by atoms with E-state index in [9.17, 15) is 4.79 Å². The van der Waals surface area contributed by atoms with Gasteiger partial charge in [0.2, 0.25) is 0 Å². The van der Waals surface area contributed by atoms with E-state index in [1.54, 1.807) is 7.11 Å². The normalized spacial score (nSPS) is 12.2. The van der Waals surface area contributed by atoms with Crippen molar-refractivity contribution in [2.75, 3.05) is 7.11 Å². The maximum absolute atomic E-state index is 11.8. The molecule has 1 aromatic rings. The van der Waals surface area contributed by atoms with Gasteiger partial charge in [-0.2, -0.15) is 5.26 Å².